The van der Waals surface area contributed by atoms with Crippen LogP contribution >= 0.6 is 0 Å². The van der Waals surface area contributed by atoms with E-state index >= 15 is 0 Å². The van der Waals surface area contributed by atoms with Crippen molar-refractivity contribution < 1.29 is 0 Å². The molecule has 1 atom stereocenters. The molecule has 3 nitrogen and oxygen atoms in total. The molecule has 1 unspecified atom stereocenters. The number of nitrogens with two attached hydrogens (primary N) is 1. The first kappa shape index (κ1) is 15.9. The second-order valence-electron chi connectivity index (χ2n) is 5.07. The van der Waals surface area contributed by atoms with E-state index in [1.807, 2.05) is 0 Å². The summed E-state index contributed by atoms with van der Waals surface area (Å²) < 4.78 is 0. The third-order valence-corrected chi connectivity index (χ3v) is 3.10. The van der Waals surface area contributed by atoms with Crippen molar-refractivity contribution in [2.75, 3.05) is 46.8 Å². The van der Waals surface area contributed by atoms with Gasteiger partial charge < -0.3 is 15.5 Å². The lowest BCUT2D eigenvalue weighted by atomic mass is 10.1. The van der Waals surface area contributed by atoms with E-state index in [4.69, 9.17) is 5.73 Å². The molecule has 0 bridgehead atoms. The van der Waals surface area contributed by atoms with Crippen LogP contribution in [0.3, 0.4) is 0 Å². The molecular formula is C13H31N3. The Labute approximate surface area is 102 Å². The van der Waals surface area contributed by atoms with E-state index in [-0.39, 0.29) is 0 Å². The quantitative estimate of drug-likeness (QED) is 0.618. The van der Waals surface area contributed by atoms with Gasteiger partial charge in [0.25, 0.3) is 0 Å². The fraction of sp³-hybridized carbons (Fsp3) is 1.00. The second-order valence-corrected chi connectivity index (χ2v) is 5.07. The van der Waals surface area contributed by atoms with Gasteiger partial charge in [-0.25, -0.2) is 0 Å². The lowest BCUT2D eigenvalue weighted by molar-refractivity contribution is 0.257. The highest BCUT2D eigenvalue weighted by atomic mass is 15.1. The first-order valence-corrected chi connectivity index (χ1v) is 6.67. The van der Waals surface area contributed by atoms with Gasteiger partial charge in [0.1, 0.15) is 0 Å². The van der Waals surface area contributed by atoms with Gasteiger partial charge in [-0.15, -0.1) is 0 Å². The minimum atomic E-state index is 0.681. The minimum Gasteiger partial charge on any atom is -0.330 e. The highest BCUT2D eigenvalue weighted by Crippen LogP contribution is 2.05. The summed E-state index contributed by atoms with van der Waals surface area (Å²) in [4.78, 5) is 4.80. The molecule has 0 saturated heterocycles. The van der Waals surface area contributed by atoms with Crippen LogP contribution < -0.4 is 5.73 Å². The fourth-order valence-electron chi connectivity index (χ4n) is 1.82. The van der Waals surface area contributed by atoms with Crippen molar-refractivity contribution in [3.8, 4) is 0 Å². The van der Waals surface area contributed by atoms with Gasteiger partial charge in [-0.05, 0) is 72.0 Å². The van der Waals surface area contributed by atoms with Gasteiger partial charge in [0.05, 0.1) is 0 Å². The molecule has 3 heteroatoms. The van der Waals surface area contributed by atoms with E-state index < -0.39 is 0 Å². The summed E-state index contributed by atoms with van der Waals surface area (Å²) in [6, 6.07) is 0. The summed E-state index contributed by atoms with van der Waals surface area (Å²) in [5.41, 5.74) is 5.62. The molecule has 0 aromatic heterocycles. The molecule has 0 aromatic carbocycles. The van der Waals surface area contributed by atoms with Gasteiger partial charge in [-0.1, -0.05) is 13.8 Å². The Bertz CT molecular complexity index is 148. The van der Waals surface area contributed by atoms with Crippen LogP contribution in [0.4, 0.5) is 0 Å². The molecule has 2 N–H and O–H groups in total. The highest BCUT2D eigenvalue weighted by molar-refractivity contribution is 4.60. The summed E-state index contributed by atoms with van der Waals surface area (Å²) >= 11 is 0. The molecule has 0 aliphatic heterocycles. The Morgan fingerprint density at radius 2 is 1.69 bits per heavy atom. The standard InChI is InChI=1S/C13H31N3/c1-5-16(11-7-9-15(3)4)10-6-8-13(2)12-14/h13H,5-12,14H2,1-4H3. The van der Waals surface area contributed by atoms with Crippen molar-refractivity contribution in [3.05, 3.63) is 0 Å². The van der Waals surface area contributed by atoms with Crippen LogP contribution in [0.1, 0.15) is 33.1 Å². The molecule has 0 aliphatic carbocycles. The van der Waals surface area contributed by atoms with Gasteiger partial charge in [-0.3, -0.25) is 0 Å². The summed E-state index contributed by atoms with van der Waals surface area (Å²) in [6.07, 6.45) is 3.82. The van der Waals surface area contributed by atoms with E-state index in [0.29, 0.717) is 5.92 Å². The van der Waals surface area contributed by atoms with Crippen LogP contribution in [-0.2, 0) is 0 Å². The van der Waals surface area contributed by atoms with Gasteiger partial charge in [-0.2, -0.15) is 0 Å². The predicted molar refractivity (Wildman–Crippen MR) is 72.7 cm³/mol. The topological polar surface area (TPSA) is 32.5 Å². The molecule has 16 heavy (non-hydrogen) atoms. The Balaban J connectivity index is 3.51. The Morgan fingerprint density at radius 1 is 1.06 bits per heavy atom. The number of hydrogen-bond donors (Lipinski definition) is 1. The Hall–Kier alpha value is -0.120. The predicted octanol–water partition coefficient (Wildman–Crippen LogP) is 1.64. The zero-order valence-corrected chi connectivity index (χ0v) is 11.7. The normalized spacial score (nSPS) is 13.7. The van der Waals surface area contributed by atoms with Crippen LogP contribution in [0.25, 0.3) is 0 Å². The third-order valence-electron chi connectivity index (χ3n) is 3.10. The lowest BCUT2D eigenvalue weighted by Gasteiger charge is -2.22. The van der Waals surface area contributed by atoms with Gasteiger partial charge in [0, 0.05) is 0 Å². The molecule has 0 saturated carbocycles. The zero-order valence-electron chi connectivity index (χ0n) is 11.7. The van der Waals surface area contributed by atoms with Gasteiger partial charge in [0.15, 0.2) is 0 Å². The lowest BCUT2D eigenvalue weighted by Crippen LogP contribution is -2.28. The highest BCUT2D eigenvalue weighted by Gasteiger charge is 2.04. The molecular weight excluding hydrogens is 198 g/mol. The molecule has 0 rings (SSSR count). The summed E-state index contributed by atoms with van der Waals surface area (Å²) in [6.45, 7) is 10.1. The SMILES string of the molecule is CCN(CCCC(C)CN)CCCN(C)C. The first-order valence-electron chi connectivity index (χ1n) is 6.67. The van der Waals surface area contributed by atoms with Crippen molar-refractivity contribution in [2.24, 2.45) is 11.7 Å². The van der Waals surface area contributed by atoms with Gasteiger partial charge in [0.2, 0.25) is 0 Å². The maximum Gasteiger partial charge on any atom is -0.000667 e. The molecule has 0 spiro atoms. The number of hydrogen-bond acceptors (Lipinski definition) is 3. The zero-order chi connectivity index (χ0) is 12.4. The van der Waals surface area contributed by atoms with Crippen LogP contribution in [0.5, 0.6) is 0 Å². The summed E-state index contributed by atoms with van der Waals surface area (Å²) in [5, 5.41) is 0. The van der Waals surface area contributed by atoms with E-state index in [0.717, 1.165) is 6.54 Å². The molecule has 0 heterocycles. The largest absolute Gasteiger partial charge is 0.330 e. The van der Waals surface area contributed by atoms with Crippen molar-refractivity contribution in [1.82, 2.24) is 9.80 Å². The van der Waals surface area contributed by atoms with Crippen molar-refractivity contribution in [2.45, 2.75) is 33.1 Å². The molecule has 0 fully saturated rings. The molecule has 0 amide bonds. The smallest absolute Gasteiger partial charge is 0.000667 e. The Kier molecular flexibility index (Phi) is 9.99. The Morgan fingerprint density at radius 3 is 2.19 bits per heavy atom. The fourth-order valence-corrected chi connectivity index (χ4v) is 1.82. The van der Waals surface area contributed by atoms with E-state index in [9.17, 15) is 0 Å². The van der Waals surface area contributed by atoms with Crippen molar-refractivity contribution in [3.63, 3.8) is 0 Å². The number of rotatable bonds is 10. The number of nitrogens with zero attached hydrogens (tertiary/aromatic N) is 2. The van der Waals surface area contributed by atoms with Crippen LogP contribution in [-0.4, -0.2) is 56.6 Å². The maximum absolute atomic E-state index is 5.62. The molecule has 0 aromatic rings. The molecule has 98 valence electrons. The van der Waals surface area contributed by atoms with Crippen LogP contribution in [0.2, 0.25) is 0 Å². The average Bonchev–Trinajstić information content (AvgIpc) is 2.26. The third kappa shape index (κ3) is 9.13. The van der Waals surface area contributed by atoms with Crippen LogP contribution in [0.15, 0.2) is 0 Å². The van der Waals surface area contributed by atoms with Gasteiger partial charge >= 0.3 is 0 Å². The molecule has 0 radical (unpaired) electrons. The average molecular weight is 229 g/mol. The van der Waals surface area contributed by atoms with Crippen molar-refractivity contribution in [1.29, 1.82) is 0 Å². The monoisotopic (exact) mass is 229 g/mol. The summed E-state index contributed by atoms with van der Waals surface area (Å²) in [7, 11) is 4.28. The van der Waals surface area contributed by atoms with E-state index in [1.165, 1.54) is 45.4 Å². The molecule has 0 aliphatic rings. The first-order chi connectivity index (χ1) is 7.60. The van der Waals surface area contributed by atoms with Crippen molar-refractivity contribution >= 4 is 0 Å². The summed E-state index contributed by atoms with van der Waals surface area (Å²) in [5.74, 6) is 0.681. The maximum atomic E-state index is 5.62. The minimum absolute atomic E-state index is 0.681. The van der Waals surface area contributed by atoms with Crippen LogP contribution in [0, 0.1) is 5.92 Å². The second kappa shape index (κ2) is 10.1. The van der Waals surface area contributed by atoms with E-state index in [1.54, 1.807) is 0 Å². The van der Waals surface area contributed by atoms with E-state index in [2.05, 4.69) is 37.7 Å².